The maximum absolute atomic E-state index is 11.9. The first kappa shape index (κ1) is 22.8. The molecule has 1 heterocycles. The third-order valence-electron chi connectivity index (χ3n) is 4.19. The highest BCUT2D eigenvalue weighted by atomic mass is 127. The Morgan fingerprint density at radius 2 is 2.12 bits per heavy atom. The predicted molar refractivity (Wildman–Crippen MR) is 113 cm³/mol. The number of nitrogens with zero attached hydrogens (tertiary/aromatic N) is 2. The lowest BCUT2D eigenvalue weighted by atomic mass is 10.2. The largest absolute Gasteiger partial charge is 0.459 e. The Morgan fingerprint density at radius 3 is 2.73 bits per heavy atom. The molecule has 1 amide bonds. The Bertz CT molecular complexity index is 573. The van der Waals surface area contributed by atoms with Gasteiger partial charge in [0.05, 0.1) is 12.9 Å². The average molecular weight is 478 g/mol. The van der Waals surface area contributed by atoms with Gasteiger partial charge in [0.2, 0.25) is 0 Å². The molecule has 26 heavy (non-hydrogen) atoms. The SMILES string of the molecule is CN=C(NCCCNC(=O)c1occc1C)N(C)CCOCC1CC1.I. The zero-order valence-electron chi connectivity index (χ0n) is 15.9. The first-order valence-electron chi connectivity index (χ1n) is 8.93. The van der Waals surface area contributed by atoms with Crippen molar-refractivity contribution in [2.24, 2.45) is 10.9 Å². The summed E-state index contributed by atoms with van der Waals surface area (Å²) in [4.78, 5) is 18.2. The van der Waals surface area contributed by atoms with Crippen LogP contribution < -0.4 is 10.6 Å². The Balaban J connectivity index is 0.00000338. The van der Waals surface area contributed by atoms with Crippen LogP contribution in [0.5, 0.6) is 0 Å². The maximum atomic E-state index is 11.9. The molecule has 8 heteroatoms. The minimum atomic E-state index is -0.170. The predicted octanol–water partition coefficient (Wildman–Crippen LogP) is 2.26. The third kappa shape index (κ3) is 7.94. The van der Waals surface area contributed by atoms with E-state index in [0.717, 1.165) is 43.6 Å². The van der Waals surface area contributed by atoms with E-state index in [4.69, 9.17) is 9.15 Å². The van der Waals surface area contributed by atoms with E-state index in [-0.39, 0.29) is 29.9 Å². The van der Waals surface area contributed by atoms with Crippen LogP contribution in [0.2, 0.25) is 0 Å². The van der Waals surface area contributed by atoms with Gasteiger partial charge in [0.1, 0.15) is 0 Å². The number of aryl methyl sites for hydroxylation is 1. The summed E-state index contributed by atoms with van der Waals surface area (Å²) in [7, 11) is 3.77. The minimum absolute atomic E-state index is 0. The summed E-state index contributed by atoms with van der Waals surface area (Å²) >= 11 is 0. The highest BCUT2D eigenvalue weighted by molar-refractivity contribution is 14.0. The number of carbonyl (C=O) groups excluding carboxylic acids is 1. The van der Waals surface area contributed by atoms with Crippen LogP contribution in [0.1, 0.15) is 35.4 Å². The number of hydrogen-bond donors (Lipinski definition) is 2. The van der Waals surface area contributed by atoms with Crippen LogP contribution in [0.25, 0.3) is 0 Å². The van der Waals surface area contributed by atoms with E-state index < -0.39 is 0 Å². The molecule has 0 atom stereocenters. The lowest BCUT2D eigenvalue weighted by Crippen LogP contribution is -2.41. The molecule has 1 aromatic heterocycles. The average Bonchev–Trinajstić information content (AvgIpc) is 3.33. The van der Waals surface area contributed by atoms with E-state index in [9.17, 15) is 4.79 Å². The Labute approximate surface area is 173 Å². The van der Waals surface area contributed by atoms with Gasteiger partial charge in [-0.1, -0.05) is 0 Å². The topological polar surface area (TPSA) is 79.1 Å². The van der Waals surface area contributed by atoms with Crippen molar-refractivity contribution in [3.05, 3.63) is 23.7 Å². The van der Waals surface area contributed by atoms with Crippen LogP contribution in [-0.2, 0) is 4.74 Å². The van der Waals surface area contributed by atoms with Crippen molar-refractivity contribution in [1.82, 2.24) is 15.5 Å². The van der Waals surface area contributed by atoms with Crippen molar-refractivity contribution in [2.75, 3.05) is 46.9 Å². The molecule has 0 saturated heterocycles. The second kappa shape index (κ2) is 12.2. The van der Waals surface area contributed by atoms with E-state index in [0.29, 0.717) is 18.9 Å². The van der Waals surface area contributed by atoms with Gasteiger partial charge in [-0.05, 0) is 38.2 Å². The molecule has 2 N–H and O–H groups in total. The first-order valence-corrected chi connectivity index (χ1v) is 8.93. The molecule has 0 aromatic carbocycles. The molecule has 0 bridgehead atoms. The van der Waals surface area contributed by atoms with Crippen molar-refractivity contribution in [2.45, 2.75) is 26.2 Å². The lowest BCUT2D eigenvalue weighted by Gasteiger charge is -2.22. The van der Waals surface area contributed by atoms with E-state index in [1.165, 1.54) is 19.1 Å². The number of carbonyl (C=O) groups is 1. The quantitative estimate of drug-likeness (QED) is 0.234. The van der Waals surface area contributed by atoms with Gasteiger partial charge in [-0.25, -0.2) is 0 Å². The van der Waals surface area contributed by atoms with Crippen molar-refractivity contribution < 1.29 is 13.9 Å². The van der Waals surface area contributed by atoms with Crippen molar-refractivity contribution >= 4 is 35.8 Å². The van der Waals surface area contributed by atoms with Crippen molar-refractivity contribution in [1.29, 1.82) is 0 Å². The molecule has 2 rings (SSSR count). The molecule has 1 fully saturated rings. The number of guanidine groups is 1. The Kier molecular flexibility index (Phi) is 10.6. The molecule has 0 radical (unpaired) electrons. The molecule has 1 saturated carbocycles. The normalized spacial score (nSPS) is 13.9. The number of aliphatic imine (C=N–C) groups is 1. The van der Waals surface area contributed by atoms with Gasteiger partial charge in [0, 0.05) is 45.9 Å². The fraction of sp³-hybridized carbons (Fsp3) is 0.667. The summed E-state index contributed by atoms with van der Waals surface area (Å²) in [5.74, 6) is 1.85. The number of halogens is 1. The fourth-order valence-corrected chi connectivity index (χ4v) is 2.40. The van der Waals surface area contributed by atoms with Gasteiger partial charge in [0.25, 0.3) is 5.91 Å². The maximum Gasteiger partial charge on any atom is 0.287 e. The molecule has 1 aliphatic rings. The first-order chi connectivity index (χ1) is 12.1. The summed E-state index contributed by atoms with van der Waals surface area (Å²) in [5.41, 5.74) is 0.849. The van der Waals surface area contributed by atoms with E-state index >= 15 is 0 Å². The number of rotatable bonds is 10. The van der Waals surface area contributed by atoms with Crippen molar-refractivity contribution in [3.8, 4) is 0 Å². The third-order valence-corrected chi connectivity index (χ3v) is 4.19. The highest BCUT2D eigenvalue weighted by Gasteiger charge is 2.21. The van der Waals surface area contributed by atoms with Gasteiger partial charge >= 0.3 is 0 Å². The molecule has 1 aliphatic carbocycles. The summed E-state index contributed by atoms with van der Waals surface area (Å²) in [6.45, 7) is 5.57. The molecule has 0 spiro atoms. The zero-order valence-corrected chi connectivity index (χ0v) is 18.2. The Morgan fingerprint density at radius 1 is 1.38 bits per heavy atom. The van der Waals surface area contributed by atoms with Gasteiger partial charge in [-0.3, -0.25) is 9.79 Å². The highest BCUT2D eigenvalue weighted by Crippen LogP contribution is 2.28. The van der Waals surface area contributed by atoms with Crippen LogP contribution in [0.4, 0.5) is 0 Å². The van der Waals surface area contributed by atoms with Crippen LogP contribution >= 0.6 is 24.0 Å². The van der Waals surface area contributed by atoms with Crippen LogP contribution in [-0.4, -0.2) is 63.7 Å². The van der Waals surface area contributed by atoms with Gasteiger partial charge < -0.3 is 24.7 Å². The minimum Gasteiger partial charge on any atom is -0.459 e. The number of furan rings is 1. The van der Waals surface area contributed by atoms with E-state index in [1.54, 1.807) is 13.1 Å². The van der Waals surface area contributed by atoms with Crippen LogP contribution in [0.3, 0.4) is 0 Å². The number of ether oxygens (including phenoxy) is 1. The monoisotopic (exact) mass is 478 g/mol. The number of hydrogen-bond acceptors (Lipinski definition) is 4. The molecule has 0 aliphatic heterocycles. The number of amides is 1. The second-order valence-electron chi connectivity index (χ2n) is 6.46. The van der Waals surface area contributed by atoms with Gasteiger partial charge in [-0.2, -0.15) is 0 Å². The smallest absolute Gasteiger partial charge is 0.287 e. The number of nitrogens with one attached hydrogen (secondary N) is 2. The fourth-order valence-electron chi connectivity index (χ4n) is 2.40. The lowest BCUT2D eigenvalue weighted by molar-refractivity contribution is 0.0924. The van der Waals surface area contributed by atoms with E-state index in [2.05, 4.69) is 20.5 Å². The zero-order chi connectivity index (χ0) is 18.1. The van der Waals surface area contributed by atoms with Gasteiger partial charge in [-0.15, -0.1) is 24.0 Å². The Hall–Kier alpha value is -1.29. The molecule has 148 valence electrons. The molecule has 1 aromatic rings. The molecular weight excluding hydrogens is 447 g/mol. The summed E-state index contributed by atoms with van der Waals surface area (Å²) in [6, 6.07) is 1.78. The summed E-state index contributed by atoms with van der Waals surface area (Å²) in [5, 5.41) is 6.16. The van der Waals surface area contributed by atoms with Crippen LogP contribution in [0.15, 0.2) is 21.7 Å². The molecule has 7 nitrogen and oxygen atoms in total. The van der Waals surface area contributed by atoms with Crippen LogP contribution in [0, 0.1) is 12.8 Å². The summed E-state index contributed by atoms with van der Waals surface area (Å²) < 4.78 is 10.8. The molecule has 0 unspecified atom stereocenters. The standard InChI is InChI=1S/C18H30N4O3.HI/c1-14-7-11-25-16(14)17(23)20-8-4-9-21-18(19-2)22(3)10-12-24-13-15-5-6-15;/h7,11,15H,4-6,8-10,12-13H2,1-3H3,(H,19,21)(H,20,23);1H. The van der Waals surface area contributed by atoms with Gasteiger partial charge in [0.15, 0.2) is 11.7 Å². The second-order valence-corrected chi connectivity index (χ2v) is 6.46. The summed E-state index contributed by atoms with van der Waals surface area (Å²) in [6.07, 6.45) is 4.96. The van der Waals surface area contributed by atoms with E-state index in [1.807, 2.05) is 14.0 Å². The van der Waals surface area contributed by atoms with Crippen molar-refractivity contribution in [3.63, 3.8) is 0 Å². The molecular formula is C18H31IN4O3. The number of likely N-dealkylation sites (N-methyl/N-ethyl adjacent to an activating group) is 1.